The Bertz CT molecular complexity index is 1090. The molecule has 2 amide bonds. The molecular formula is C25H27BrN2O2S. The second-order valence-electron chi connectivity index (χ2n) is 9.14. The second kappa shape index (κ2) is 8.14. The Labute approximate surface area is 196 Å². The van der Waals surface area contributed by atoms with E-state index in [-0.39, 0.29) is 23.2 Å². The molecule has 1 fully saturated rings. The number of hydrogen-bond donors (Lipinski definition) is 0. The highest BCUT2D eigenvalue weighted by molar-refractivity contribution is 9.10. The number of fused-ring (bicyclic) bond motifs is 1. The Morgan fingerprint density at radius 1 is 1.19 bits per heavy atom. The summed E-state index contributed by atoms with van der Waals surface area (Å²) in [7, 11) is 2.15. The molecule has 0 N–H and O–H groups in total. The van der Waals surface area contributed by atoms with E-state index in [2.05, 4.69) is 67.7 Å². The smallest absolute Gasteiger partial charge is 0.293 e. The van der Waals surface area contributed by atoms with Crippen LogP contribution in [0.25, 0.3) is 6.08 Å². The molecule has 1 unspecified atom stereocenters. The third kappa shape index (κ3) is 4.20. The predicted molar refractivity (Wildman–Crippen MR) is 132 cm³/mol. The Hall–Kier alpha value is -2.05. The van der Waals surface area contributed by atoms with Crippen LogP contribution in [-0.4, -0.2) is 28.6 Å². The number of amides is 2. The first-order chi connectivity index (χ1) is 14.6. The van der Waals surface area contributed by atoms with E-state index >= 15 is 0 Å². The number of imide groups is 1. The van der Waals surface area contributed by atoms with Crippen molar-refractivity contribution >= 4 is 50.6 Å². The topological polar surface area (TPSA) is 40.6 Å². The van der Waals surface area contributed by atoms with E-state index in [9.17, 15) is 9.59 Å². The van der Waals surface area contributed by atoms with Crippen LogP contribution in [0.1, 0.15) is 55.4 Å². The van der Waals surface area contributed by atoms with Crippen molar-refractivity contribution in [1.82, 2.24) is 4.90 Å². The highest BCUT2D eigenvalue weighted by Crippen LogP contribution is 2.44. The fourth-order valence-corrected chi connectivity index (χ4v) is 5.53. The fraction of sp³-hybridized carbons (Fsp3) is 0.360. The number of carbonyl (C=O) groups excluding carboxylic acids is 2. The van der Waals surface area contributed by atoms with E-state index in [1.807, 2.05) is 30.3 Å². The first kappa shape index (κ1) is 22.2. The van der Waals surface area contributed by atoms with Crippen molar-refractivity contribution in [1.29, 1.82) is 0 Å². The summed E-state index contributed by atoms with van der Waals surface area (Å²) in [5.41, 5.74) is 5.70. The lowest BCUT2D eigenvalue weighted by Gasteiger charge is -2.45. The Morgan fingerprint density at radius 3 is 2.55 bits per heavy atom. The molecule has 2 aliphatic rings. The van der Waals surface area contributed by atoms with Crippen molar-refractivity contribution < 1.29 is 9.59 Å². The Balaban J connectivity index is 1.63. The van der Waals surface area contributed by atoms with Crippen LogP contribution in [0.5, 0.6) is 0 Å². The van der Waals surface area contributed by atoms with Crippen LogP contribution in [0.2, 0.25) is 0 Å². The van der Waals surface area contributed by atoms with Crippen molar-refractivity contribution in [3.8, 4) is 0 Å². The van der Waals surface area contributed by atoms with Gasteiger partial charge in [0.05, 0.1) is 11.4 Å². The molecule has 2 heterocycles. The van der Waals surface area contributed by atoms with E-state index in [1.54, 1.807) is 0 Å². The van der Waals surface area contributed by atoms with E-state index in [1.165, 1.54) is 16.2 Å². The molecule has 0 saturated carbocycles. The van der Waals surface area contributed by atoms with E-state index < -0.39 is 0 Å². The summed E-state index contributed by atoms with van der Waals surface area (Å²) in [4.78, 5) is 29.7. The second-order valence-corrected chi connectivity index (χ2v) is 11.0. The van der Waals surface area contributed by atoms with Gasteiger partial charge in [0.1, 0.15) is 0 Å². The molecule has 2 aromatic carbocycles. The number of anilines is 1. The van der Waals surface area contributed by atoms with Gasteiger partial charge in [0.25, 0.3) is 11.1 Å². The molecule has 4 rings (SSSR count). The van der Waals surface area contributed by atoms with E-state index in [4.69, 9.17) is 0 Å². The quantitative estimate of drug-likeness (QED) is 0.440. The molecule has 2 aliphatic heterocycles. The minimum atomic E-state index is -0.221. The van der Waals surface area contributed by atoms with Gasteiger partial charge in [-0.05, 0) is 97.5 Å². The van der Waals surface area contributed by atoms with Gasteiger partial charge in [0.15, 0.2) is 0 Å². The molecule has 0 bridgehead atoms. The summed E-state index contributed by atoms with van der Waals surface area (Å²) in [5, 5.41) is -0.218. The van der Waals surface area contributed by atoms with Crippen molar-refractivity contribution in [3.05, 3.63) is 68.0 Å². The number of halogens is 1. The van der Waals surface area contributed by atoms with Gasteiger partial charge in [0, 0.05) is 22.7 Å². The zero-order valence-corrected chi connectivity index (χ0v) is 20.9. The van der Waals surface area contributed by atoms with Crippen molar-refractivity contribution in [2.75, 3.05) is 11.9 Å². The number of aryl methyl sites for hydroxylation is 1. The van der Waals surface area contributed by atoms with E-state index in [0.29, 0.717) is 10.8 Å². The third-order valence-electron chi connectivity index (χ3n) is 6.44. The summed E-state index contributed by atoms with van der Waals surface area (Å²) in [6, 6.07) is 12.1. The predicted octanol–water partition coefficient (Wildman–Crippen LogP) is 6.72. The zero-order chi connectivity index (χ0) is 22.5. The standard InChI is InChI=1S/C25H27BrN2O2S/c1-15-10-21-20(16(2)13-25(3,4)27(21)5)11-18(15)12-22-23(29)28(24(30)31-22)14-17-6-8-19(26)9-7-17/h6-12,16H,13-14H2,1-5H3/b22-12+. The largest absolute Gasteiger partial charge is 0.369 e. The van der Waals surface area contributed by atoms with Crippen LogP contribution in [0.3, 0.4) is 0 Å². The van der Waals surface area contributed by atoms with Crippen molar-refractivity contribution in [3.63, 3.8) is 0 Å². The summed E-state index contributed by atoms with van der Waals surface area (Å²) in [5.74, 6) is 0.211. The van der Waals surface area contributed by atoms with Crippen LogP contribution in [0.4, 0.5) is 10.5 Å². The molecule has 31 heavy (non-hydrogen) atoms. The molecule has 162 valence electrons. The molecule has 6 heteroatoms. The summed E-state index contributed by atoms with van der Waals surface area (Å²) < 4.78 is 0.969. The van der Waals surface area contributed by atoms with Gasteiger partial charge >= 0.3 is 0 Å². The highest BCUT2D eigenvalue weighted by atomic mass is 79.9. The van der Waals surface area contributed by atoms with Crippen molar-refractivity contribution in [2.45, 2.75) is 52.1 Å². The molecule has 2 aromatic rings. The maximum absolute atomic E-state index is 13.0. The molecule has 0 spiro atoms. The lowest BCUT2D eigenvalue weighted by atomic mass is 9.79. The zero-order valence-electron chi connectivity index (χ0n) is 18.5. The monoisotopic (exact) mass is 498 g/mol. The molecule has 4 nitrogen and oxygen atoms in total. The molecule has 1 saturated heterocycles. The number of thioether (sulfide) groups is 1. The SMILES string of the molecule is Cc1cc2c(cc1/C=C1/SC(=O)N(Cc3ccc(Br)cc3)C1=O)C(C)CC(C)(C)N2C. The van der Waals surface area contributed by atoms with Crippen LogP contribution in [0, 0.1) is 6.92 Å². The minimum absolute atomic E-state index is 0.107. The first-order valence-electron chi connectivity index (χ1n) is 10.4. The van der Waals surface area contributed by atoms with Crippen LogP contribution in [-0.2, 0) is 11.3 Å². The van der Waals surface area contributed by atoms with Gasteiger partial charge in [-0.2, -0.15) is 0 Å². The summed E-state index contributed by atoms with van der Waals surface area (Å²) in [6.45, 7) is 9.17. The molecule has 0 radical (unpaired) electrons. The third-order valence-corrected chi connectivity index (χ3v) is 7.87. The number of nitrogens with zero attached hydrogens (tertiary/aromatic N) is 2. The fourth-order valence-electron chi connectivity index (χ4n) is 4.44. The van der Waals surface area contributed by atoms with Gasteiger partial charge < -0.3 is 4.90 Å². The average molecular weight is 499 g/mol. The van der Waals surface area contributed by atoms with E-state index in [0.717, 1.165) is 39.3 Å². The average Bonchev–Trinajstić information content (AvgIpc) is 2.96. The Morgan fingerprint density at radius 2 is 1.87 bits per heavy atom. The summed E-state index contributed by atoms with van der Waals surface area (Å²) in [6.07, 6.45) is 2.96. The lowest BCUT2D eigenvalue weighted by molar-refractivity contribution is -0.123. The maximum atomic E-state index is 13.0. The van der Waals surface area contributed by atoms with Gasteiger partial charge in [0.2, 0.25) is 0 Å². The normalized spacial score (nSPS) is 21.7. The van der Waals surface area contributed by atoms with Crippen molar-refractivity contribution in [2.24, 2.45) is 0 Å². The number of carbonyl (C=O) groups is 2. The van der Waals surface area contributed by atoms with Gasteiger partial charge in [-0.15, -0.1) is 0 Å². The van der Waals surface area contributed by atoms with Crippen LogP contribution < -0.4 is 4.90 Å². The molecular weight excluding hydrogens is 472 g/mol. The summed E-state index contributed by atoms with van der Waals surface area (Å²) >= 11 is 4.44. The molecule has 1 atom stereocenters. The maximum Gasteiger partial charge on any atom is 0.293 e. The lowest BCUT2D eigenvalue weighted by Crippen LogP contribution is -2.45. The Kier molecular flexibility index (Phi) is 5.81. The minimum Gasteiger partial charge on any atom is -0.369 e. The number of benzene rings is 2. The van der Waals surface area contributed by atoms with Gasteiger partial charge in [-0.25, -0.2) is 0 Å². The van der Waals surface area contributed by atoms with Gasteiger partial charge in [-0.3, -0.25) is 14.5 Å². The van der Waals surface area contributed by atoms with Crippen LogP contribution >= 0.6 is 27.7 Å². The number of hydrogen-bond acceptors (Lipinski definition) is 4. The van der Waals surface area contributed by atoms with Gasteiger partial charge in [-0.1, -0.05) is 35.0 Å². The molecule has 0 aromatic heterocycles. The molecule has 0 aliphatic carbocycles. The number of rotatable bonds is 3. The highest BCUT2D eigenvalue weighted by Gasteiger charge is 2.36. The first-order valence-corrected chi connectivity index (χ1v) is 12.1. The van der Waals surface area contributed by atoms with Crippen LogP contribution in [0.15, 0.2) is 45.8 Å².